The average Bonchev–Trinajstić information content (AvgIpc) is 2.82. The summed E-state index contributed by atoms with van der Waals surface area (Å²) in [6, 6.07) is 16.3. The molecule has 0 amide bonds. The Hall–Kier alpha value is -2.29. The fraction of sp³-hybridized carbons (Fsp3) is 0.0714. The van der Waals surface area contributed by atoms with Gasteiger partial charge in [0.15, 0.2) is 0 Å². The molecule has 0 fully saturated rings. The van der Waals surface area contributed by atoms with Crippen LogP contribution in [0.25, 0.3) is 22.4 Å². The fourth-order valence-electron chi connectivity index (χ4n) is 1.88. The molecule has 0 bridgehead atoms. The van der Waals surface area contributed by atoms with Crippen LogP contribution in [0.3, 0.4) is 0 Å². The number of aromatic nitrogens is 2. The maximum absolute atomic E-state index is 4.56. The number of H-pyrrole nitrogens is 1. The second kappa shape index (κ2) is 3.94. The van der Waals surface area contributed by atoms with Gasteiger partial charge in [0.2, 0.25) is 0 Å². The lowest BCUT2D eigenvalue weighted by atomic mass is 10.2. The largest absolute Gasteiger partial charge is 0.388 e. The van der Waals surface area contributed by atoms with E-state index in [0.717, 1.165) is 28.1 Å². The lowest BCUT2D eigenvalue weighted by molar-refractivity contribution is 1.33. The number of nitrogens with one attached hydrogen (secondary N) is 2. The standard InChI is InChI=1S/C14H13N3/c1-15-11-8-6-10(7-9-11)14-16-12-4-2-3-5-13(12)17-14/h2-9,15H,1H3,(H,16,17). The third-order valence-electron chi connectivity index (χ3n) is 2.84. The molecule has 0 spiro atoms. The summed E-state index contributed by atoms with van der Waals surface area (Å²) in [6.45, 7) is 0. The van der Waals surface area contributed by atoms with Gasteiger partial charge in [-0.25, -0.2) is 4.98 Å². The van der Waals surface area contributed by atoms with Crippen LogP contribution in [0.1, 0.15) is 0 Å². The molecule has 17 heavy (non-hydrogen) atoms. The zero-order chi connectivity index (χ0) is 11.7. The van der Waals surface area contributed by atoms with Gasteiger partial charge in [-0.1, -0.05) is 12.1 Å². The van der Waals surface area contributed by atoms with Crippen LogP contribution in [-0.2, 0) is 0 Å². The molecular weight excluding hydrogens is 210 g/mol. The summed E-state index contributed by atoms with van der Waals surface area (Å²) in [5.41, 5.74) is 4.27. The van der Waals surface area contributed by atoms with Gasteiger partial charge in [0.1, 0.15) is 5.82 Å². The Balaban J connectivity index is 2.07. The summed E-state index contributed by atoms with van der Waals surface area (Å²) in [7, 11) is 1.91. The Morgan fingerprint density at radius 2 is 1.76 bits per heavy atom. The third-order valence-corrected chi connectivity index (χ3v) is 2.84. The van der Waals surface area contributed by atoms with Crippen LogP contribution in [0.2, 0.25) is 0 Å². The molecule has 0 saturated heterocycles. The quantitative estimate of drug-likeness (QED) is 0.700. The molecule has 84 valence electrons. The van der Waals surface area contributed by atoms with Crippen molar-refractivity contribution in [1.82, 2.24) is 9.97 Å². The molecule has 0 radical (unpaired) electrons. The van der Waals surface area contributed by atoms with Crippen molar-refractivity contribution in [2.75, 3.05) is 12.4 Å². The van der Waals surface area contributed by atoms with Crippen molar-refractivity contribution in [1.29, 1.82) is 0 Å². The predicted octanol–water partition coefficient (Wildman–Crippen LogP) is 3.27. The lowest BCUT2D eigenvalue weighted by Crippen LogP contribution is -1.87. The summed E-state index contributed by atoms with van der Waals surface area (Å²) < 4.78 is 0. The highest BCUT2D eigenvalue weighted by molar-refractivity contribution is 5.79. The Morgan fingerprint density at radius 1 is 1.00 bits per heavy atom. The van der Waals surface area contributed by atoms with Crippen LogP contribution in [0.15, 0.2) is 48.5 Å². The van der Waals surface area contributed by atoms with Gasteiger partial charge in [-0.05, 0) is 36.4 Å². The zero-order valence-electron chi connectivity index (χ0n) is 9.57. The first kappa shape index (κ1) is 9.90. The number of rotatable bonds is 2. The topological polar surface area (TPSA) is 40.7 Å². The number of aromatic amines is 1. The predicted molar refractivity (Wildman–Crippen MR) is 71.1 cm³/mol. The van der Waals surface area contributed by atoms with Crippen LogP contribution < -0.4 is 5.32 Å². The fourth-order valence-corrected chi connectivity index (χ4v) is 1.88. The van der Waals surface area contributed by atoms with Crippen molar-refractivity contribution in [3.63, 3.8) is 0 Å². The van der Waals surface area contributed by atoms with E-state index >= 15 is 0 Å². The van der Waals surface area contributed by atoms with Gasteiger partial charge < -0.3 is 10.3 Å². The van der Waals surface area contributed by atoms with E-state index in [9.17, 15) is 0 Å². The van der Waals surface area contributed by atoms with Crippen LogP contribution in [-0.4, -0.2) is 17.0 Å². The lowest BCUT2D eigenvalue weighted by Gasteiger charge is -2.00. The Kier molecular flexibility index (Phi) is 2.29. The van der Waals surface area contributed by atoms with Crippen LogP contribution in [0, 0.1) is 0 Å². The highest BCUT2D eigenvalue weighted by Crippen LogP contribution is 2.21. The SMILES string of the molecule is CNc1ccc(-c2nc3ccccc3[nH]2)cc1. The van der Waals surface area contributed by atoms with E-state index in [2.05, 4.69) is 27.4 Å². The van der Waals surface area contributed by atoms with Crippen LogP contribution >= 0.6 is 0 Å². The van der Waals surface area contributed by atoms with Crippen molar-refractivity contribution in [2.24, 2.45) is 0 Å². The average molecular weight is 223 g/mol. The summed E-state index contributed by atoms with van der Waals surface area (Å²) in [5.74, 6) is 0.911. The third kappa shape index (κ3) is 1.76. The minimum atomic E-state index is 0.911. The Morgan fingerprint density at radius 3 is 2.47 bits per heavy atom. The highest BCUT2D eigenvalue weighted by Gasteiger charge is 2.03. The van der Waals surface area contributed by atoms with E-state index in [1.54, 1.807) is 0 Å². The van der Waals surface area contributed by atoms with Crippen LogP contribution in [0.4, 0.5) is 5.69 Å². The molecule has 3 heteroatoms. The number of hydrogen-bond donors (Lipinski definition) is 2. The summed E-state index contributed by atoms with van der Waals surface area (Å²) in [6.07, 6.45) is 0. The first-order valence-electron chi connectivity index (χ1n) is 5.60. The first-order chi connectivity index (χ1) is 8.36. The summed E-state index contributed by atoms with van der Waals surface area (Å²) in [5, 5.41) is 3.10. The summed E-state index contributed by atoms with van der Waals surface area (Å²) in [4.78, 5) is 7.88. The molecule has 0 saturated carbocycles. The monoisotopic (exact) mass is 223 g/mol. The Labute approximate surface area is 99.5 Å². The summed E-state index contributed by atoms with van der Waals surface area (Å²) >= 11 is 0. The molecule has 1 aromatic heterocycles. The molecule has 1 heterocycles. The molecule has 2 N–H and O–H groups in total. The van der Waals surface area contributed by atoms with E-state index in [1.807, 2.05) is 43.4 Å². The van der Waals surface area contributed by atoms with E-state index in [-0.39, 0.29) is 0 Å². The molecule has 0 atom stereocenters. The number of anilines is 1. The number of imidazole rings is 1. The van der Waals surface area contributed by atoms with Gasteiger partial charge in [0, 0.05) is 18.3 Å². The number of nitrogens with zero attached hydrogens (tertiary/aromatic N) is 1. The van der Waals surface area contributed by atoms with E-state index in [1.165, 1.54) is 0 Å². The van der Waals surface area contributed by atoms with Crippen molar-refractivity contribution in [3.8, 4) is 11.4 Å². The van der Waals surface area contributed by atoms with E-state index in [4.69, 9.17) is 0 Å². The zero-order valence-corrected chi connectivity index (χ0v) is 9.57. The minimum Gasteiger partial charge on any atom is -0.388 e. The van der Waals surface area contributed by atoms with Crippen molar-refractivity contribution in [2.45, 2.75) is 0 Å². The van der Waals surface area contributed by atoms with Gasteiger partial charge in [-0.2, -0.15) is 0 Å². The number of benzene rings is 2. The molecule has 3 nitrogen and oxygen atoms in total. The van der Waals surface area contributed by atoms with Crippen molar-refractivity contribution < 1.29 is 0 Å². The normalized spacial score (nSPS) is 10.6. The molecule has 2 aromatic carbocycles. The smallest absolute Gasteiger partial charge is 0.138 e. The van der Waals surface area contributed by atoms with Gasteiger partial charge in [0.25, 0.3) is 0 Å². The molecule has 3 rings (SSSR count). The molecule has 3 aromatic rings. The van der Waals surface area contributed by atoms with Crippen LogP contribution in [0.5, 0.6) is 0 Å². The number of fused-ring (bicyclic) bond motifs is 1. The van der Waals surface area contributed by atoms with Crippen molar-refractivity contribution >= 4 is 16.7 Å². The second-order valence-electron chi connectivity index (χ2n) is 3.93. The second-order valence-corrected chi connectivity index (χ2v) is 3.93. The van der Waals surface area contributed by atoms with Crippen molar-refractivity contribution in [3.05, 3.63) is 48.5 Å². The highest BCUT2D eigenvalue weighted by atomic mass is 14.9. The number of para-hydroxylation sites is 2. The van der Waals surface area contributed by atoms with Gasteiger partial charge in [0.05, 0.1) is 11.0 Å². The van der Waals surface area contributed by atoms with E-state index < -0.39 is 0 Å². The molecule has 0 aliphatic heterocycles. The molecule has 0 aliphatic carbocycles. The van der Waals surface area contributed by atoms with Gasteiger partial charge >= 0.3 is 0 Å². The minimum absolute atomic E-state index is 0.911. The maximum atomic E-state index is 4.56. The van der Waals surface area contributed by atoms with Gasteiger partial charge in [-0.3, -0.25) is 0 Å². The number of hydrogen-bond acceptors (Lipinski definition) is 2. The first-order valence-corrected chi connectivity index (χ1v) is 5.60. The Bertz CT molecular complexity index is 605. The molecule has 0 unspecified atom stereocenters. The molecule has 0 aliphatic rings. The van der Waals surface area contributed by atoms with Gasteiger partial charge in [-0.15, -0.1) is 0 Å². The maximum Gasteiger partial charge on any atom is 0.138 e. The van der Waals surface area contributed by atoms with E-state index in [0.29, 0.717) is 0 Å². The molecular formula is C14H13N3.